The quantitative estimate of drug-likeness (QED) is 0.632. The lowest BCUT2D eigenvalue weighted by molar-refractivity contribution is 0.0765. The van der Waals surface area contributed by atoms with Crippen molar-refractivity contribution in [3.63, 3.8) is 0 Å². The number of H-pyrrole nitrogens is 1. The van der Waals surface area contributed by atoms with E-state index in [1.165, 1.54) is 28.5 Å². The van der Waals surface area contributed by atoms with Crippen LogP contribution < -0.4 is 0 Å². The lowest BCUT2D eigenvalue weighted by Gasteiger charge is -2.42. The maximum absolute atomic E-state index is 12.8. The largest absolute Gasteiger partial charge is 0.391 e. The van der Waals surface area contributed by atoms with Crippen molar-refractivity contribution in [2.24, 2.45) is 0 Å². The van der Waals surface area contributed by atoms with Crippen LogP contribution in [0.3, 0.4) is 0 Å². The van der Waals surface area contributed by atoms with Crippen LogP contribution in [0.1, 0.15) is 66.6 Å². The lowest BCUT2D eigenvalue weighted by Crippen LogP contribution is -2.35. The van der Waals surface area contributed by atoms with Crippen molar-refractivity contribution < 1.29 is 9.90 Å². The number of carbonyl (C=O) groups is 1. The van der Waals surface area contributed by atoms with E-state index in [4.69, 9.17) is 0 Å². The predicted octanol–water partition coefficient (Wildman–Crippen LogP) is 5.18. The molecule has 2 N–H and O–H groups in total. The Labute approximate surface area is 178 Å². The van der Waals surface area contributed by atoms with E-state index in [1.807, 2.05) is 26.0 Å². The first-order valence-electron chi connectivity index (χ1n) is 11.2. The van der Waals surface area contributed by atoms with Crippen molar-refractivity contribution in [1.82, 2.24) is 9.88 Å². The summed E-state index contributed by atoms with van der Waals surface area (Å²) in [5.41, 5.74) is 5.79. The molecule has 1 amide bonds. The first kappa shape index (κ1) is 20.7. The van der Waals surface area contributed by atoms with E-state index in [0.717, 1.165) is 18.4 Å². The Morgan fingerprint density at radius 2 is 1.87 bits per heavy atom. The number of nitrogens with one attached hydrogen (secondary N) is 1. The second-order valence-electron chi connectivity index (χ2n) is 8.46. The Bertz CT molecular complexity index is 1030. The molecule has 2 fully saturated rings. The van der Waals surface area contributed by atoms with Crippen molar-refractivity contribution in [3.8, 4) is 0 Å². The molecule has 1 atom stereocenters. The summed E-state index contributed by atoms with van der Waals surface area (Å²) in [6.45, 7) is 7.19. The molecule has 4 heteroatoms. The topological polar surface area (TPSA) is 56.3 Å². The third-order valence-electron chi connectivity index (χ3n) is 6.71. The Kier molecular flexibility index (Phi) is 5.70. The third-order valence-corrected chi connectivity index (χ3v) is 6.71. The van der Waals surface area contributed by atoms with Gasteiger partial charge in [-0.2, -0.15) is 0 Å². The molecule has 5 rings (SSSR count). The summed E-state index contributed by atoms with van der Waals surface area (Å²) in [4.78, 5) is 17.9. The number of hydrogen-bond acceptors (Lipinski definition) is 2. The van der Waals surface area contributed by atoms with E-state index in [0.29, 0.717) is 25.1 Å². The highest BCUT2D eigenvalue weighted by molar-refractivity contribution is 5.99. The molecule has 1 unspecified atom stereocenters. The number of aliphatic hydroxyl groups is 1. The Balaban J connectivity index is 0.00000106. The number of likely N-dealkylation sites (tertiary alicyclic amines) is 1. The Morgan fingerprint density at radius 3 is 2.47 bits per heavy atom. The van der Waals surface area contributed by atoms with E-state index in [2.05, 4.69) is 48.4 Å². The average molecular weight is 405 g/mol. The van der Waals surface area contributed by atoms with Gasteiger partial charge in [0.1, 0.15) is 0 Å². The highest BCUT2D eigenvalue weighted by Gasteiger charge is 2.41. The normalized spacial score (nSPS) is 19.9. The summed E-state index contributed by atoms with van der Waals surface area (Å²) >= 11 is 0. The van der Waals surface area contributed by atoms with Crippen LogP contribution in [-0.4, -0.2) is 40.1 Å². The fourth-order valence-corrected chi connectivity index (χ4v) is 4.88. The number of aryl methyl sites for hydroxylation is 1. The van der Waals surface area contributed by atoms with Gasteiger partial charge in [-0.05, 0) is 49.4 Å². The Morgan fingerprint density at radius 1 is 1.13 bits per heavy atom. The standard InChI is InChI=1S/C24H26N2O2.C2H6/c1-16-3-6-18(7-4-16)24(10-2-11-24)21-14-25-22-13-17(5-8-20(21)22)23(28)26-12-9-19(27)15-26;1-2/h3-8,13-14,19,25,27H,2,9-12,15H2,1H3;1-2H3. The summed E-state index contributed by atoms with van der Waals surface area (Å²) < 4.78 is 0. The van der Waals surface area contributed by atoms with Gasteiger partial charge in [0, 0.05) is 41.2 Å². The minimum Gasteiger partial charge on any atom is -0.391 e. The van der Waals surface area contributed by atoms with Gasteiger partial charge < -0.3 is 15.0 Å². The molecule has 2 heterocycles. The van der Waals surface area contributed by atoms with Gasteiger partial charge in [0.05, 0.1) is 6.10 Å². The molecule has 0 bridgehead atoms. The number of nitrogens with zero attached hydrogens (tertiary/aromatic N) is 1. The minimum atomic E-state index is -0.391. The molecule has 1 saturated heterocycles. The van der Waals surface area contributed by atoms with Gasteiger partial charge in [-0.15, -0.1) is 0 Å². The molecule has 3 aromatic rings. The predicted molar refractivity (Wildman–Crippen MR) is 122 cm³/mol. The van der Waals surface area contributed by atoms with Crippen LogP contribution in [0.25, 0.3) is 10.9 Å². The maximum atomic E-state index is 12.8. The summed E-state index contributed by atoms with van der Waals surface area (Å²) in [7, 11) is 0. The number of aromatic amines is 1. The third kappa shape index (κ3) is 3.43. The highest BCUT2D eigenvalue weighted by Crippen LogP contribution is 2.51. The summed E-state index contributed by atoms with van der Waals surface area (Å²) in [5.74, 6) is 0.00601. The number of hydrogen-bond donors (Lipinski definition) is 2. The van der Waals surface area contributed by atoms with Crippen molar-refractivity contribution in [3.05, 3.63) is 70.9 Å². The first-order chi connectivity index (χ1) is 14.6. The molecule has 0 radical (unpaired) electrons. The highest BCUT2D eigenvalue weighted by atomic mass is 16.3. The van der Waals surface area contributed by atoms with Crippen molar-refractivity contribution >= 4 is 16.8 Å². The second kappa shape index (κ2) is 8.27. The van der Waals surface area contributed by atoms with E-state index in [1.54, 1.807) is 4.90 Å². The van der Waals surface area contributed by atoms with Gasteiger partial charge in [0.15, 0.2) is 0 Å². The van der Waals surface area contributed by atoms with Gasteiger partial charge in [0.2, 0.25) is 0 Å². The molecule has 158 valence electrons. The fourth-order valence-electron chi connectivity index (χ4n) is 4.88. The number of β-amino-alcohol motifs (C(OH)–C–C–N with tert-alkyl or cyclic N) is 1. The van der Waals surface area contributed by atoms with Gasteiger partial charge in [-0.3, -0.25) is 4.79 Å². The number of aromatic nitrogens is 1. The average Bonchev–Trinajstić information content (AvgIpc) is 3.36. The van der Waals surface area contributed by atoms with E-state index in [-0.39, 0.29) is 11.3 Å². The monoisotopic (exact) mass is 404 g/mol. The Hall–Kier alpha value is -2.59. The SMILES string of the molecule is CC.Cc1ccc(C2(c3c[nH]c4cc(C(=O)N5CCC(O)C5)ccc34)CCC2)cc1. The first-order valence-corrected chi connectivity index (χ1v) is 11.2. The molecule has 1 saturated carbocycles. The van der Waals surface area contributed by atoms with Crippen LogP contribution in [0.15, 0.2) is 48.7 Å². The zero-order chi connectivity index (χ0) is 21.3. The molecule has 2 aromatic carbocycles. The summed E-state index contributed by atoms with van der Waals surface area (Å²) in [6, 6.07) is 14.9. The zero-order valence-electron chi connectivity index (χ0n) is 18.2. The molecule has 30 heavy (non-hydrogen) atoms. The van der Waals surface area contributed by atoms with Crippen LogP contribution in [-0.2, 0) is 5.41 Å². The molecule has 0 spiro atoms. The van der Waals surface area contributed by atoms with Crippen molar-refractivity contribution in [2.45, 2.75) is 58.0 Å². The van der Waals surface area contributed by atoms with Crippen molar-refractivity contribution in [2.75, 3.05) is 13.1 Å². The summed E-state index contributed by atoms with van der Waals surface area (Å²) in [5, 5.41) is 10.9. The zero-order valence-corrected chi connectivity index (χ0v) is 18.2. The molecule has 1 aliphatic heterocycles. The fraction of sp³-hybridized carbons (Fsp3) is 0.423. The van der Waals surface area contributed by atoms with Crippen molar-refractivity contribution in [1.29, 1.82) is 0 Å². The number of amides is 1. The summed E-state index contributed by atoms with van der Waals surface area (Å²) in [6.07, 6.45) is 5.98. The number of rotatable bonds is 3. The lowest BCUT2D eigenvalue weighted by atomic mass is 9.60. The van der Waals surface area contributed by atoms with Crippen LogP contribution in [0, 0.1) is 6.92 Å². The van der Waals surface area contributed by atoms with E-state index < -0.39 is 6.10 Å². The van der Waals surface area contributed by atoms with Crippen LogP contribution >= 0.6 is 0 Å². The number of benzene rings is 2. The van der Waals surface area contributed by atoms with E-state index in [9.17, 15) is 9.90 Å². The van der Waals surface area contributed by atoms with E-state index >= 15 is 0 Å². The maximum Gasteiger partial charge on any atom is 0.254 e. The number of aliphatic hydroxyl groups excluding tert-OH is 1. The smallest absolute Gasteiger partial charge is 0.254 e. The van der Waals surface area contributed by atoms with Gasteiger partial charge in [-0.1, -0.05) is 56.2 Å². The van der Waals surface area contributed by atoms with Gasteiger partial charge >= 0.3 is 0 Å². The molecular formula is C26H32N2O2. The van der Waals surface area contributed by atoms with Crippen LogP contribution in [0.4, 0.5) is 0 Å². The molecule has 1 aliphatic carbocycles. The minimum absolute atomic E-state index is 0.00601. The molecule has 4 nitrogen and oxygen atoms in total. The van der Waals surface area contributed by atoms with Gasteiger partial charge in [-0.25, -0.2) is 0 Å². The van der Waals surface area contributed by atoms with Gasteiger partial charge in [0.25, 0.3) is 5.91 Å². The second-order valence-corrected chi connectivity index (χ2v) is 8.46. The molecule has 1 aromatic heterocycles. The van der Waals surface area contributed by atoms with Crippen LogP contribution in [0.5, 0.6) is 0 Å². The molecular weight excluding hydrogens is 372 g/mol. The van der Waals surface area contributed by atoms with Crippen LogP contribution in [0.2, 0.25) is 0 Å². The number of carbonyl (C=O) groups excluding carboxylic acids is 1. The number of fused-ring (bicyclic) bond motifs is 1. The molecule has 2 aliphatic rings.